The molecule has 0 saturated heterocycles. The predicted octanol–water partition coefficient (Wildman–Crippen LogP) is 6.39. The van der Waals surface area contributed by atoms with E-state index in [4.69, 9.17) is 21.3 Å². The zero-order valence-corrected chi connectivity index (χ0v) is 20.2. The third kappa shape index (κ3) is 5.11. The van der Waals surface area contributed by atoms with Gasteiger partial charge in [-0.1, -0.05) is 47.1 Å². The largest absolute Gasteiger partial charge is 0.486 e. The predicted molar refractivity (Wildman–Crippen MR) is 128 cm³/mol. The summed E-state index contributed by atoms with van der Waals surface area (Å²) in [6.45, 7) is 6.39. The average molecular weight is 471 g/mol. The molecule has 2 heterocycles. The second-order valence-corrected chi connectivity index (χ2v) is 9.60. The summed E-state index contributed by atoms with van der Waals surface area (Å²) in [5.74, 6) is 2.29. The molecule has 0 aliphatic rings. The number of aromatic nitrogens is 4. The Morgan fingerprint density at radius 1 is 1.10 bits per heavy atom. The van der Waals surface area contributed by atoms with Crippen LogP contribution in [0.2, 0.25) is 5.02 Å². The number of thioether (sulfide) groups is 1. The van der Waals surface area contributed by atoms with Crippen molar-refractivity contribution in [3.63, 3.8) is 0 Å². The maximum absolute atomic E-state index is 6.23. The first kappa shape index (κ1) is 21.9. The van der Waals surface area contributed by atoms with Crippen LogP contribution in [0.25, 0.3) is 10.6 Å². The number of benzene rings is 2. The number of hydrogen-bond donors (Lipinski definition) is 0. The third-order valence-corrected chi connectivity index (χ3v) is 7.46. The summed E-state index contributed by atoms with van der Waals surface area (Å²) in [6.07, 6.45) is 0. The zero-order chi connectivity index (χ0) is 22.0. The van der Waals surface area contributed by atoms with E-state index >= 15 is 0 Å². The molecule has 0 bridgehead atoms. The molecule has 5 nitrogen and oxygen atoms in total. The molecule has 0 fully saturated rings. The standard InChI is InChI=1S/C23H23ClN4OS2/c1-14-6-5-7-17(8-14)22-25-18(12-30-22)13-31-23-27-26-20(28(23)4)11-29-19-9-15(2)21(24)16(3)10-19/h5-10,12H,11,13H2,1-4H3. The van der Waals surface area contributed by atoms with Crippen LogP contribution in [0.1, 0.15) is 28.2 Å². The molecule has 0 aliphatic heterocycles. The Morgan fingerprint density at radius 2 is 1.87 bits per heavy atom. The van der Waals surface area contributed by atoms with Gasteiger partial charge in [0, 0.05) is 28.8 Å². The highest BCUT2D eigenvalue weighted by Gasteiger charge is 2.12. The summed E-state index contributed by atoms with van der Waals surface area (Å²) in [6, 6.07) is 12.3. The van der Waals surface area contributed by atoms with Gasteiger partial charge in [-0.25, -0.2) is 4.98 Å². The third-order valence-electron chi connectivity index (χ3n) is 4.87. The second kappa shape index (κ2) is 9.42. The molecule has 31 heavy (non-hydrogen) atoms. The van der Waals surface area contributed by atoms with E-state index in [1.54, 1.807) is 23.1 Å². The van der Waals surface area contributed by atoms with Gasteiger partial charge in [0.15, 0.2) is 11.0 Å². The number of aryl methyl sites for hydroxylation is 3. The first-order valence-electron chi connectivity index (χ1n) is 9.83. The van der Waals surface area contributed by atoms with Crippen molar-refractivity contribution in [2.24, 2.45) is 7.05 Å². The molecule has 160 valence electrons. The maximum Gasteiger partial charge on any atom is 0.191 e. The van der Waals surface area contributed by atoms with E-state index in [2.05, 4.69) is 46.8 Å². The van der Waals surface area contributed by atoms with Crippen LogP contribution in [-0.4, -0.2) is 19.7 Å². The number of rotatable bonds is 7. The number of hydrogen-bond acceptors (Lipinski definition) is 6. The number of thiazole rings is 1. The first-order valence-corrected chi connectivity index (χ1v) is 12.1. The van der Waals surface area contributed by atoms with Gasteiger partial charge in [0.05, 0.1) is 5.69 Å². The minimum absolute atomic E-state index is 0.346. The molecule has 0 spiro atoms. The van der Waals surface area contributed by atoms with Crippen molar-refractivity contribution in [1.29, 1.82) is 0 Å². The fourth-order valence-electron chi connectivity index (χ4n) is 3.16. The summed E-state index contributed by atoms with van der Waals surface area (Å²) in [5.41, 5.74) is 5.44. The Kier molecular flexibility index (Phi) is 6.65. The van der Waals surface area contributed by atoms with Gasteiger partial charge in [-0.15, -0.1) is 21.5 Å². The minimum atomic E-state index is 0.346. The van der Waals surface area contributed by atoms with E-state index in [0.717, 1.165) is 54.9 Å². The van der Waals surface area contributed by atoms with Gasteiger partial charge in [0.1, 0.15) is 17.4 Å². The SMILES string of the molecule is Cc1cccc(-c2nc(CSc3nnc(COc4cc(C)c(Cl)c(C)c4)n3C)cs2)c1. The molecule has 0 N–H and O–H groups in total. The van der Waals surface area contributed by atoms with Crippen LogP contribution >= 0.6 is 34.7 Å². The molecular formula is C23H23ClN4OS2. The van der Waals surface area contributed by atoms with Crippen molar-refractivity contribution >= 4 is 34.7 Å². The van der Waals surface area contributed by atoms with Crippen molar-refractivity contribution in [2.45, 2.75) is 38.3 Å². The topological polar surface area (TPSA) is 52.8 Å². The normalized spacial score (nSPS) is 11.1. The highest BCUT2D eigenvalue weighted by atomic mass is 35.5. The number of halogens is 1. The quantitative estimate of drug-likeness (QED) is 0.293. The van der Waals surface area contributed by atoms with Crippen molar-refractivity contribution in [1.82, 2.24) is 19.7 Å². The highest BCUT2D eigenvalue weighted by molar-refractivity contribution is 7.98. The summed E-state index contributed by atoms with van der Waals surface area (Å²) in [5, 5.41) is 13.4. The Hall–Kier alpha value is -2.35. The molecule has 0 amide bonds. The maximum atomic E-state index is 6.23. The van der Waals surface area contributed by atoms with E-state index in [1.165, 1.54) is 5.56 Å². The van der Waals surface area contributed by atoms with Gasteiger partial charge in [-0.3, -0.25) is 0 Å². The van der Waals surface area contributed by atoms with E-state index in [1.807, 2.05) is 37.6 Å². The van der Waals surface area contributed by atoms with Gasteiger partial charge < -0.3 is 9.30 Å². The van der Waals surface area contributed by atoms with Crippen LogP contribution in [-0.2, 0) is 19.4 Å². The van der Waals surface area contributed by atoms with Crippen LogP contribution in [0.3, 0.4) is 0 Å². The van der Waals surface area contributed by atoms with E-state index in [0.29, 0.717) is 6.61 Å². The van der Waals surface area contributed by atoms with Crippen LogP contribution in [0.5, 0.6) is 5.75 Å². The van der Waals surface area contributed by atoms with Gasteiger partial charge in [-0.2, -0.15) is 0 Å². The zero-order valence-electron chi connectivity index (χ0n) is 17.8. The number of nitrogens with zero attached hydrogens (tertiary/aromatic N) is 4. The van der Waals surface area contributed by atoms with Crippen LogP contribution in [0.15, 0.2) is 46.9 Å². The molecule has 8 heteroatoms. The fraction of sp³-hybridized carbons (Fsp3) is 0.261. The Morgan fingerprint density at radius 3 is 2.61 bits per heavy atom. The first-order chi connectivity index (χ1) is 14.9. The van der Waals surface area contributed by atoms with E-state index in [-0.39, 0.29) is 0 Å². The molecule has 0 atom stereocenters. The van der Waals surface area contributed by atoms with Crippen molar-refractivity contribution in [3.8, 4) is 16.3 Å². The number of ether oxygens (including phenoxy) is 1. The summed E-state index contributed by atoms with van der Waals surface area (Å²) in [4.78, 5) is 4.78. The Bertz CT molecular complexity index is 1200. The van der Waals surface area contributed by atoms with E-state index in [9.17, 15) is 0 Å². The van der Waals surface area contributed by atoms with E-state index < -0.39 is 0 Å². The molecule has 0 unspecified atom stereocenters. The van der Waals surface area contributed by atoms with Gasteiger partial charge in [-0.05, 0) is 50.1 Å². The Balaban J connectivity index is 1.38. The minimum Gasteiger partial charge on any atom is -0.486 e. The molecule has 4 aromatic rings. The lowest BCUT2D eigenvalue weighted by Gasteiger charge is -2.10. The van der Waals surface area contributed by atoms with Crippen molar-refractivity contribution in [3.05, 3.63) is 75.0 Å². The van der Waals surface area contributed by atoms with Crippen molar-refractivity contribution < 1.29 is 4.74 Å². The van der Waals surface area contributed by atoms with Gasteiger partial charge >= 0.3 is 0 Å². The average Bonchev–Trinajstić information content (AvgIpc) is 3.36. The summed E-state index contributed by atoms with van der Waals surface area (Å²) < 4.78 is 7.89. The molecule has 2 aromatic heterocycles. The van der Waals surface area contributed by atoms with Crippen LogP contribution < -0.4 is 4.74 Å². The lowest BCUT2D eigenvalue weighted by atomic mass is 10.1. The Labute approximate surface area is 195 Å². The van der Waals surface area contributed by atoms with Gasteiger partial charge in [0.25, 0.3) is 0 Å². The molecular weight excluding hydrogens is 448 g/mol. The summed E-state index contributed by atoms with van der Waals surface area (Å²) in [7, 11) is 1.96. The fourth-order valence-corrected chi connectivity index (χ4v) is 5.01. The molecule has 0 radical (unpaired) electrons. The highest BCUT2D eigenvalue weighted by Crippen LogP contribution is 2.29. The molecule has 2 aromatic carbocycles. The molecule has 0 saturated carbocycles. The molecule has 0 aliphatic carbocycles. The van der Waals surface area contributed by atoms with Gasteiger partial charge in [0.2, 0.25) is 0 Å². The molecule has 4 rings (SSSR count). The lowest BCUT2D eigenvalue weighted by molar-refractivity contribution is 0.290. The smallest absolute Gasteiger partial charge is 0.191 e. The van der Waals surface area contributed by atoms with Crippen LogP contribution in [0.4, 0.5) is 0 Å². The lowest BCUT2D eigenvalue weighted by Crippen LogP contribution is -2.04. The second-order valence-electron chi connectivity index (χ2n) is 7.42. The van der Waals surface area contributed by atoms with Crippen LogP contribution in [0, 0.1) is 20.8 Å². The monoisotopic (exact) mass is 470 g/mol. The van der Waals surface area contributed by atoms with Crippen molar-refractivity contribution in [2.75, 3.05) is 0 Å². The summed E-state index contributed by atoms with van der Waals surface area (Å²) >= 11 is 9.52.